The maximum absolute atomic E-state index is 10.7. The topological polar surface area (TPSA) is 72.3 Å². The second-order valence-corrected chi connectivity index (χ2v) is 4.18. The van der Waals surface area contributed by atoms with Crippen LogP contribution < -0.4 is 6.15 Å². The van der Waals surface area contributed by atoms with Crippen molar-refractivity contribution in [1.29, 1.82) is 0 Å². The van der Waals surface area contributed by atoms with E-state index in [0.717, 1.165) is 0 Å². The van der Waals surface area contributed by atoms with Gasteiger partial charge in [0.25, 0.3) is 0 Å². The smallest absolute Gasteiger partial charge is 0.309 e. The molecule has 11 heavy (non-hydrogen) atoms. The molecule has 0 aromatic rings. The van der Waals surface area contributed by atoms with E-state index in [1.165, 1.54) is 0 Å². The SMILES string of the molecule is CC(C)(C)C(C)(C)C(=O)O.N. The zero-order valence-corrected chi connectivity index (χ0v) is 8.06. The number of aliphatic carboxylic acids is 1. The van der Waals surface area contributed by atoms with E-state index in [4.69, 9.17) is 5.11 Å². The molecule has 0 spiro atoms. The Morgan fingerprint density at radius 1 is 1.09 bits per heavy atom. The number of rotatable bonds is 1. The fourth-order valence-electron chi connectivity index (χ4n) is 0.321. The van der Waals surface area contributed by atoms with Crippen molar-refractivity contribution < 1.29 is 9.90 Å². The molecule has 0 amide bonds. The summed E-state index contributed by atoms with van der Waals surface area (Å²) in [4.78, 5) is 10.7. The maximum atomic E-state index is 10.7. The Morgan fingerprint density at radius 3 is 1.36 bits per heavy atom. The van der Waals surface area contributed by atoms with E-state index in [-0.39, 0.29) is 11.6 Å². The maximum Gasteiger partial charge on any atom is 0.309 e. The molecule has 4 N–H and O–H groups in total. The molecule has 3 nitrogen and oxygen atoms in total. The van der Waals surface area contributed by atoms with E-state index < -0.39 is 11.4 Å². The molecule has 0 saturated heterocycles. The molecule has 3 heteroatoms. The Hall–Kier alpha value is -0.570. The van der Waals surface area contributed by atoms with E-state index in [2.05, 4.69) is 0 Å². The molecule has 0 aromatic carbocycles. The summed E-state index contributed by atoms with van der Waals surface area (Å²) in [5.74, 6) is -0.736. The van der Waals surface area contributed by atoms with Gasteiger partial charge in [-0.25, -0.2) is 0 Å². The van der Waals surface area contributed by atoms with Crippen molar-refractivity contribution in [3.05, 3.63) is 0 Å². The average molecular weight is 161 g/mol. The number of carbonyl (C=O) groups is 1. The van der Waals surface area contributed by atoms with Gasteiger partial charge in [-0.1, -0.05) is 20.8 Å². The van der Waals surface area contributed by atoms with Crippen molar-refractivity contribution in [2.45, 2.75) is 34.6 Å². The van der Waals surface area contributed by atoms with Crippen LogP contribution in [0.2, 0.25) is 0 Å². The average Bonchev–Trinajstić information content (AvgIpc) is 1.62. The van der Waals surface area contributed by atoms with Crippen LogP contribution >= 0.6 is 0 Å². The second kappa shape index (κ2) is 3.22. The van der Waals surface area contributed by atoms with Crippen molar-refractivity contribution in [2.75, 3.05) is 0 Å². The Morgan fingerprint density at radius 2 is 1.36 bits per heavy atom. The minimum atomic E-state index is -0.736. The zero-order valence-electron chi connectivity index (χ0n) is 8.06. The van der Waals surface area contributed by atoms with Crippen molar-refractivity contribution in [3.63, 3.8) is 0 Å². The van der Waals surface area contributed by atoms with Crippen LogP contribution in [0.1, 0.15) is 34.6 Å². The third-order valence-electron chi connectivity index (χ3n) is 2.41. The Kier molecular flexibility index (Phi) is 3.82. The first-order valence-electron chi connectivity index (χ1n) is 3.43. The minimum Gasteiger partial charge on any atom is -0.481 e. The van der Waals surface area contributed by atoms with E-state index in [1.807, 2.05) is 20.8 Å². The quantitative estimate of drug-likeness (QED) is 0.619. The molecule has 0 radical (unpaired) electrons. The molecule has 0 fully saturated rings. The van der Waals surface area contributed by atoms with Gasteiger partial charge in [0.2, 0.25) is 0 Å². The van der Waals surface area contributed by atoms with Gasteiger partial charge in [0, 0.05) is 0 Å². The lowest BCUT2D eigenvalue weighted by molar-refractivity contribution is -0.153. The van der Waals surface area contributed by atoms with Gasteiger partial charge in [0.15, 0.2) is 0 Å². The van der Waals surface area contributed by atoms with Crippen LogP contribution in [0.25, 0.3) is 0 Å². The van der Waals surface area contributed by atoms with Crippen molar-refractivity contribution in [1.82, 2.24) is 6.15 Å². The fraction of sp³-hybridized carbons (Fsp3) is 0.875. The number of hydrogen-bond acceptors (Lipinski definition) is 2. The first kappa shape index (κ1) is 13.1. The summed E-state index contributed by atoms with van der Waals surface area (Å²) in [5.41, 5.74) is -0.828. The number of hydrogen-bond donors (Lipinski definition) is 2. The highest BCUT2D eigenvalue weighted by Crippen LogP contribution is 2.37. The van der Waals surface area contributed by atoms with Crippen LogP contribution in [0.15, 0.2) is 0 Å². The highest BCUT2D eigenvalue weighted by Gasteiger charge is 2.39. The summed E-state index contributed by atoms with van der Waals surface area (Å²) in [5, 5.41) is 8.78. The predicted octanol–water partition coefficient (Wildman–Crippen LogP) is 2.31. The Labute approximate surface area is 68.4 Å². The summed E-state index contributed by atoms with van der Waals surface area (Å²) in [6, 6.07) is 0. The standard InChI is InChI=1S/C8H16O2.H3N/c1-7(2,3)8(4,5)6(9)10;/h1-5H3,(H,9,10);1H3. The molecule has 0 bridgehead atoms. The molecule has 0 heterocycles. The monoisotopic (exact) mass is 161 g/mol. The normalized spacial score (nSPS) is 12.1. The molecular weight excluding hydrogens is 142 g/mol. The summed E-state index contributed by atoms with van der Waals surface area (Å²) < 4.78 is 0. The molecule has 0 aromatic heterocycles. The van der Waals surface area contributed by atoms with Crippen LogP contribution in [-0.2, 0) is 4.79 Å². The molecule has 0 aliphatic rings. The van der Waals surface area contributed by atoms with Crippen LogP contribution in [0.3, 0.4) is 0 Å². The summed E-state index contributed by atoms with van der Waals surface area (Å²) in [6.45, 7) is 9.29. The van der Waals surface area contributed by atoms with E-state index in [9.17, 15) is 4.79 Å². The number of carboxylic acid groups (broad SMARTS) is 1. The highest BCUT2D eigenvalue weighted by atomic mass is 16.4. The van der Waals surface area contributed by atoms with Gasteiger partial charge < -0.3 is 11.3 Å². The third-order valence-corrected chi connectivity index (χ3v) is 2.41. The van der Waals surface area contributed by atoms with Gasteiger partial charge in [-0.2, -0.15) is 0 Å². The van der Waals surface area contributed by atoms with E-state index in [0.29, 0.717) is 0 Å². The highest BCUT2D eigenvalue weighted by molar-refractivity contribution is 5.74. The summed E-state index contributed by atoms with van der Waals surface area (Å²) >= 11 is 0. The van der Waals surface area contributed by atoms with Crippen molar-refractivity contribution in [3.8, 4) is 0 Å². The van der Waals surface area contributed by atoms with Gasteiger partial charge in [-0.05, 0) is 19.3 Å². The molecule has 0 unspecified atom stereocenters. The second-order valence-electron chi connectivity index (χ2n) is 4.18. The molecule has 0 saturated carbocycles. The molecule has 0 aliphatic heterocycles. The summed E-state index contributed by atoms with van der Waals surface area (Å²) in [6.07, 6.45) is 0. The Bertz CT molecular complexity index is 145. The van der Waals surface area contributed by atoms with Crippen LogP contribution in [0, 0.1) is 10.8 Å². The lowest BCUT2D eigenvalue weighted by Gasteiger charge is -2.34. The van der Waals surface area contributed by atoms with Crippen LogP contribution in [-0.4, -0.2) is 11.1 Å². The molecule has 0 rings (SSSR count). The molecular formula is C8H19NO2. The fourth-order valence-corrected chi connectivity index (χ4v) is 0.321. The van der Waals surface area contributed by atoms with Gasteiger partial charge in [0.05, 0.1) is 5.41 Å². The van der Waals surface area contributed by atoms with Gasteiger partial charge >= 0.3 is 5.97 Å². The minimum absolute atomic E-state index is 0. The first-order valence-corrected chi connectivity index (χ1v) is 3.43. The zero-order chi connectivity index (χ0) is 8.58. The third kappa shape index (κ3) is 2.50. The van der Waals surface area contributed by atoms with Gasteiger partial charge in [0.1, 0.15) is 0 Å². The van der Waals surface area contributed by atoms with Crippen LogP contribution in [0.5, 0.6) is 0 Å². The lowest BCUT2D eigenvalue weighted by atomic mass is 9.69. The van der Waals surface area contributed by atoms with Gasteiger partial charge in [-0.3, -0.25) is 4.79 Å². The van der Waals surface area contributed by atoms with Crippen molar-refractivity contribution in [2.24, 2.45) is 10.8 Å². The van der Waals surface area contributed by atoms with Crippen LogP contribution in [0.4, 0.5) is 0 Å². The van der Waals surface area contributed by atoms with E-state index >= 15 is 0 Å². The van der Waals surface area contributed by atoms with Crippen molar-refractivity contribution >= 4 is 5.97 Å². The predicted molar refractivity (Wildman–Crippen MR) is 45.9 cm³/mol. The molecule has 0 atom stereocenters. The molecule has 0 aliphatic carbocycles. The largest absolute Gasteiger partial charge is 0.481 e. The lowest BCUT2D eigenvalue weighted by Crippen LogP contribution is -2.37. The summed E-state index contributed by atoms with van der Waals surface area (Å²) in [7, 11) is 0. The molecule has 68 valence electrons. The van der Waals surface area contributed by atoms with E-state index in [1.54, 1.807) is 13.8 Å². The number of carboxylic acids is 1. The van der Waals surface area contributed by atoms with Gasteiger partial charge in [-0.15, -0.1) is 0 Å². The Balaban J connectivity index is 0. The first-order chi connectivity index (χ1) is 4.19.